The molecule has 0 spiro atoms. The molecule has 2 heterocycles. The van der Waals surface area contributed by atoms with Gasteiger partial charge in [-0.2, -0.15) is 0 Å². The van der Waals surface area contributed by atoms with Crippen molar-refractivity contribution in [3.05, 3.63) is 65.4 Å². The number of methoxy groups -OCH3 is 1. The lowest BCUT2D eigenvalue weighted by molar-refractivity contribution is -0.122. The number of ether oxygens (including phenoxy) is 2. The van der Waals surface area contributed by atoms with Gasteiger partial charge in [-0.1, -0.05) is 44.2 Å². The Labute approximate surface area is 201 Å². The Bertz CT molecular complexity index is 1320. The standard InChI is InChI=1S/C26H26N2O5S/c1-14(2)17-10-6-8-12-19(17)32-16(4)23(29)28-24-22(21(15(3)33-24)26(30)31-5)25-27-18-11-7-9-13-20(18)34-25/h6-14,16H,1-5H3,(H,28,29). The minimum Gasteiger partial charge on any atom is -0.481 e. The van der Waals surface area contributed by atoms with Gasteiger partial charge in [0, 0.05) is 0 Å². The maximum Gasteiger partial charge on any atom is 0.342 e. The number of anilines is 1. The van der Waals surface area contributed by atoms with E-state index in [1.54, 1.807) is 13.8 Å². The molecule has 8 heteroatoms. The van der Waals surface area contributed by atoms with Crippen molar-refractivity contribution >= 4 is 39.3 Å². The van der Waals surface area contributed by atoms with E-state index in [0.29, 0.717) is 22.1 Å². The van der Waals surface area contributed by atoms with Crippen molar-refractivity contribution < 1.29 is 23.5 Å². The molecule has 0 bridgehead atoms. The summed E-state index contributed by atoms with van der Waals surface area (Å²) in [6, 6.07) is 15.3. The Hall–Kier alpha value is -3.65. The van der Waals surface area contributed by atoms with Crippen LogP contribution in [0.3, 0.4) is 0 Å². The lowest BCUT2D eigenvalue weighted by atomic mass is 10.0. The molecule has 0 aliphatic carbocycles. The predicted octanol–water partition coefficient (Wildman–Crippen LogP) is 6.18. The van der Waals surface area contributed by atoms with E-state index in [4.69, 9.17) is 13.9 Å². The zero-order chi connectivity index (χ0) is 24.4. The van der Waals surface area contributed by atoms with Crippen LogP contribution in [0.25, 0.3) is 20.8 Å². The quantitative estimate of drug-likeness (QED) is 0.319. The molecule has 2 aromatic heterocycles. The van der Waals surface area contributed by atoms with Crippen LogP contribution in [-0.2, 0) is 9.53 Å². The summed E-state index contributed by atoms with van der Waals surface area (Å²) in [4.78, 5) is 30.3. The Morgan fingerprint density at radius 2 is 1.76 bits per heavy atom. The number of thiazole rings is 1. The second kappa shape index (κ2) is 9.69. The number of furan rings is 1. The number of carbonyl (C=O) groups excluding carboxylic acids is 2. The number of carbonyl (C=O) groups is 2. The van der Waals surface area contributed by atoms with E-state index in [2.05, 4.69) is 24.1 Å². The number of fused-ring (bicyclic) bond motifs is 1. The number of aromatic nitrogens is 1. The Morgan fingerprint density at radius 3 is 2.47 bits per heavy atom. The maximum atomic E-state index is 13.1. The van der Waals surface area contributed by atoms with Crippen LogP contribution in [0.4, 0.5) is 5.88 Å². The van der Waals surface area contributed by atoms with Gasteiger partial charge >= 0.3 is 5.97 Å². The van der Waals surface area contributed by atoms with Crippen LogP contribution in [0, 0.1) is 6.92 Å². The summed E-state index contributed by atoms with van der Waals surface area (Å²) in [5.41, 5.74) is 2.43. The second-order valence-corrected chi connectivity index (χ2v) is 9.19. The first-order chi connectivity index (χ1) is 16.3. The lowest BCUT2D eigenvalue weighted by Gasteiger charge is -2.18. The van der Waals surface area contributed by atoms with Gasteiger partial charge in [0.05, 0.1) is 22.9 Å². The fourth-order valence-electron chi connectivity index (χ4n) is 3.69. The number of rotatable bonds is 7. The first-order valence-electron chi connectivity index (χ1n) is 10.9. The minimum absolute atomic E-state index is 0.134. The molecule has 0 fully saturated rings. The lowest BCUT2D eigenvalue weighted by Crippen LogP contribution is -2.30. The number of nitrogens with zero attached hydrogens (tertiary/aromatic N) is 1. The van der Waals surface area contributed by atoms with E-state index < -0.39 is 18.0 Å². The summed E-state index contributed by atoms with van der Waals surface area (Å²) >= 11 is 1.40. The molecule has 176 valence electrons. The third-order valence-electron chi connectivity index (χ3n) is 5.43. The summed E-state index contributed by atoms with van der Waals surface area (Å²) in [6.45, 7) is 7.45. The second-order valence-electron chi connectivity index (χ2n) is 8.16. The van der Waals surface area contributed by atoms with Crippen molar-refractivity contribution in [2.45, 2.75) is 39.7 Å². The van der Waals surface area contributed by atoms with Gasteiger partial charge in [-0.05, 0) is 43.5 Å². The van der Waals surface area contributed by atoms with Crippen molar-refractivity contribution in [3.63, 3.8) is 0 Å². The Balaban J connectivity index is 1.68. The molecule has 0 radical (unpaired) electrons. The summed E-state index contributed by atoms with van der Waals surface area (Å²) in [5.74, 6) is 0.381. The van der Waals surface area contributed by atoms with Crippen LogP contribution in [0.1, 0.15) is 48.4 Å². The summed E-state index contributed by atoms with van der Waals surface area (Å²) in [6.07, 6.45) is -0.810. The number of para-hydroxylation sites is 2. The first-order valence-corrected chi connectivity index (χ1v) is 11.8. The summed E-state index contributed by atoms with van der Waals surface area (Å²) < 4.78 is 17.7. The molecular formula is C26H26N2O5S. The van der Waals surface area contributed by atoms with Gasteiger partial charge in [0.2, 0.25) is 5.88 Å². The SMILES string of the molecule is COC(=O)c1c(C)oc(NC(=O)C(C)Oc2ccccc2C(C)C)c1-c1nc2ccccc2s1. The van der Waals surface area contributed by atoms with Gasteiger partial charge in [0.25, 0.3) is 5.91 Å². The van der Waals surface area contributed by atoms with Crippen LogP contribution in [0.5, 0.6) is 5.75 Å². The first kappa shape index (κ1) is 23.5. The zero-order valence-corrected chi connectivity index (χ0v) is 20.5. The van der Waals surface area contributed by atoms with Crippen molar-refractivity contribution in [2.24, 2.45) is 0 Å². The maximum absolute atomic E-state index is 13.1. The molecule has 7 nitrogen and oxygen atoms in total. The van der Waals surface area contributed by atoms with Crippen LogP contribution in [-0.4, -0.2) is 30.1 Å². The average Bonchev–Trinajstić information content (AvgIpc) is 3.38. The van der Waals surface area contributed by atoms with Crippen LogP contribution >= 0.6 is 11.3 Å². The number of esters is 1. The van der Waals surface area contributed by atoms with E-state index in [0.717, 1.165) is 15.8 Å². The molecule has 0 saturated carbocycles. The largest absolute Gasteiger partial charge is 0.481 e. The Kier molecular flexibility index (Phi) is 6.70. The monoisotopic (exact) mass is 478 g/mol. The molecule has 34 heavy (non-hydrogen) atoms. The molecule has 2 aromatic carbocycles. The number of hydrogen-bond donors (Lipinski definition) is 1. The van der Waals surface area contributed by atoms with E-state index >= 15 is 0 Å². The van der Waals surface area contributed by atoms with Crippen molar-refractivity contribution in [1.29, 1.82) is 0 Å². The minimum atomic E-state index is -0.810. The van der Waals surface area contributed by atoms with Gasteiger partial charge in [-0.25, -0.2) is 9.78 Å². The number of benzene rings is 2. The van der Waals surface area contributed by atoms with Crippen LogP contribution in [0.2, 0.25) is 0 Å². The van der Waals surface area contributed by atoms with Gasteiger partial charge in [0.15, 0.2) is 6.10 Å². The third-order valence-corrected chi connectivity index (χ3v) is 6.49. The van der Waals surface area contributed by atoms with Crippen molar-refractivity contribution in [1.82, 2.24) is 4.98 Å². The van der Waals surface area contributed by atoms with Gasteiger partial charge < -0.3 is 13.9 Å². The highest BCUT2D eigenvalue weighted by molar-refractivity contribution is 7.21. The van der Waals surface area contributed by atoms with E-state index in [9.17, 15) is 9.59 Å². The fourth-order valence-corrected chi connectivity index (χ4v) is 4.70. The normalized spacial score (nSPS) is 12.1. The molecular weight excluding hydrogens is 452 g/mol. The van der Waals surface area contributed by atoms with Crippen molar-refractivity contribution in [2.75, 3.05) is 12.4 Å². The van der Waals surface area contributed by atoms with Gasteiger partial charge in [-0.3, -0.25) is 10.1 Å². The molecule has 1 unspecified atom stereocenters. The average molecular weight is 479 g/mol. The highest BCUT2D eigenvalue weighted by Crippen LogP contribution is 2.40. The van der Waals surface area contributed by atoms with Crippen LogP contribution in [0.15, 0.2) is 52.9 Å². The molecule has 4 aromatic rings. The third kappa shape index (κ3) is 4.54. The number of nitrogens with one attached hydrogen (secondary N) is 1. The highest BCUT2D eigenvalue weighted by atomic mass is 32.1. The van der Waals surface area contributed by atoms with Gasteiger partial charge in [0.1, 0.15) is 22.1 Å². The smallest absolute Gasteiger partial charge is 0.342 e. The molecule has 0 saturated heterocycles. The topological polar surface area (TPSA) is 90.7 Å². The van der Waals surface area contributed by atoms with E-state index in [1.165, 1.54) is 18.4 Å². The van der Waals surface area contributed by atoms with Crippen LogP contribution < -0.4 is 10.1 Å². The zero-order valence-electron chi connectivity index (χ0n) is 19.7. The number of aryl methyl sites for hydroxylation is 1. The Morgan fingerprint density at radius 1 is 1.06 bits per heavy atom. The molecule has 1 N–H and O–H groups in total. The fraction of sp³-hybridized carbons (Fsp3) is 0.269. The number of hydrogen-bond acceptors (Lipinski definition) is 7. The summed E-state index contributed by atoms with van der Waals surface area (Å²) in [7, 11) is 1.30. The van der Waals surface area contributed by atoms with Gasteiger partial charge in [-0.15, -0.1) is 11.3 Å². The predicted molar refractivity (Wildman–Crippen MR) is 133 cm³/mol. The molecule has 0 aliphatic heterocycles. The molecule has 1 amide bonds. The van der Waals surface area contributed by atoms with Crippen molar-refractivity contribution in [3.8, 4) is 16.3 Å². The molecule has 4 rings (SSSR count). The van der Waals surface area contributed by atoms with E-state index in [-0.39, 0.29) is 17.4 Å². The molecule has 0 aliphatic rings. The highest BCUT2D eigenvalue weighted by Gasteiger charge is 2.30. The summed E-state index contributed by atoms with van der Waals surface area (Å²) in [5, 5.41) is 3.34. The number of amides is 1. The van der Waals surface area contributed by atoms with E-state index in [1.807, 2.05) is 48.5 Å². The molecule has 1 atom stereocenters.